The van der Waals surface area contributed by atoms with Gasteiger partial charge in [0, 0.05) is 23.7 Å². The molecule has 0 aliphatic rings. The Labute approximate surface area is 162 Å². The van der Waals surface area contributed by atoms with Crippen molar-refractivity contribution in [3.8, 4) is 5.75 Å². The van der Waals surface area contributed by atoms with Gasteiger partial charge in [-0.1, -0.05) is 42.1 Å². The van der Waals surface area contributed by atoms with E-state index in [2.05, 4.69) is 27.4 Å². The smallest absolute Gasteiger partial charge is 0.180 e. The molecule has 0 radical (unpaired) electrons. The van der Waals surface area contributed by atoms with Crippen LogP contribution in [0.5, 0.6) is 5.75 Å². The van der Waals surface area contributed by atoms with Crippen molar-refractivity contribution in [3.63, 3.8) is 0 Å². The number of hydrogen-bond donors (Lipinski definition) is 1. The van der Waals surface area contributed by atoms with E-state index in [0.717, 1.165) is 22.6 Å². The first-order chi connectivity index (χ1) is 13.2. The fraction of sp³-hybridized carbons (Fsp3) is 0.150. The summed E-state index contributed by atoms with van der Waals surface area (Å²) < 4.78 is 7.27. The van der Waals surface area contributed by atoms with Crippen molar-refractivity contribution in [2.24, 2.45) is 15.9 Å². The van der Waals surface area contributed by atoms with Crippen LogP contribution in [0.25, 0.3) is 0 Å². The Balaban J connectivity index is 1.63. The molecule has 6 nitrogen and oxygen atoms in total. The topological polar surface area (TPSA) is 77.8 Å². The Kier molecular flexibility index (Phi) is 6.65. The van der Waals surface area contributed by atoms with E-state index >= 15 is 0 Å². The number of nitrogens with two attached hydrogens (primary N) is 1. The van der Waals surface area contributed by atoms with Gasteiger partial charge in [0.15, 0.2) is 5.17 Å². The number of benzene rings is 2. The lowest BCUT2D eigenvalue weighted by Gasteiger charge is -2.09. The van der Waals surface area contributed by atoms with Gasteiger partial charge in [0.05, 0.1) is 19.9 Å². The normalized spacial score (nSPS) is 11.8. The summed E-state index contributed by atoms with van der Waals surface area (Å²) in [4.78, 5) is 0. The number of nitrogens with zero attached hydrogens (tertiary/aromatic N) is 4. The van der Waals surface area contributed by atoms with Gasteiger partial charge in [0.2, 0.25) is 0 Å². The average molecular weight is 379 g/mol. The molecule has 7 heteroatoms. The van der Waals surface area contributed by atoms with Crippen molar-refractivity contribution in [3.05, 3.63) is 83.7 Å². The molecule has 1 aromatic heterocycles. The molecule has 27 heavy (non-hydrogen) atoms. The zero-order valence-electron chi connectivity index (χ0n) is 15.0. The lowest BCUT2D eigenvalue weighted by molar-refractivity contribution is 0.407. The maximum atomic E-state index is 5.92. The number of hydrogen-bond acceptors (Lipinski definition) is 5. The number of methoxy groups -OCH3 is 1. The highest BCUT2D eigenvalue weighted by Gasteiger charge is 2.05. The maximum absolute atomic E-state index is 5.92. The Morgan fingerprint density at radius 1 is 1.22 bits per heavy atom. The molecule has 0 spiro atoms. The minimum atomic E-state index is 0.431. The van der Waals surface area contributed by atoms with Crippen LogP contribution in [-0.2, 0) is 12.3 Å². The molecule has 2 aromatic carbocycles. The number of rotatable bonds is 7. The minimum absolute atomic E-state index is 0.431. The van der Waals surface area contributed by atoms with E-state index in [9.17, 15) is 0 Å². The number of thioether (sulfide) groups is 1. The second-order valence-corrected chi connectivity index (χ2v) is 6.73. The standard InChI is InChI=1S/C20H21N5OS/c1-26-19-9-8-17(12-18(19)14-25-11-5-10-23-25)13-22-24-20(21)27-15-16-6-3-2-4-7-16/h2-13H,14-15H2,1H3,(H2,21,24). The van der Waals surface area contributed by atoms with Gasteiger partial charge >= 0.3 is 0 Å². The van der Waals surface area contributed by atoms with Crippen LogP contribution >= 0.6 is 11.8 Å². The van der Waals surface area contributed by atoms with Crippen molar-refractivity contribution in [1.82, 2.24) is 9.78 Å². The Bertz CT molecular complexity index is 907. The highest BCUT2D eigenvalue weighted by atomic mass is 32.2. The van der Waals surface area contributed by atoms with Crippen molar-refractivity contribution in [2.75, 3.05) is 7.11 Å². The second kappa shape index (κ2) is 9.59. The average Bonchev–Trinajstić information content (AvgIpc) is 3.20. The molecule has 0 aliphatic heterocycles. The van der Waals surface area contributed by atoms with Crippen LogP contribution in [0.3, 0.4) is 0 Å². The molecule has 138 valence electrons. The molecule has 0 bridgehead atoms. The predicted octanol–water partition coefficient (Wildman–Crippen LogP) is 3.52. The monoisotopic (exact) mass is 379 g/mol. The Hall–Kier alpha value is -3.06. The van der Waals surface area contributed by atoms with Crippen molar-refractivity contribution in [1.29, 1.82) is 0 Å². The molecule has 2 N–H and O–H groups in total. The minimum Gasteiger partial charge on any atom is -0.496 e. The molecule has 0 aliphatic carbocycles. The first kappa shape index (κ1) is 18.7. The summed E-state index contributed by atoms with van der Waals surface area (Å²) >= 11 is 1.46. The molecule has 0 saturated carbocycles. The maximum Gasteiger partial charge on any atom is 0.180 e. The Morgan fingerprint density at radius 3 is 2.81 bits per heavy atom. The van der Waals surface area contributed by atoms with Crippen LogP contribution in [0, 0.1) is 0 Å². The lowest BCUT2D eigenvalue weighted by Crippen LogP contribution is -2.06. The van der Waals surface area contributed by atoms with Crippen molar-refractivity contribution < 1.29 is 4.74 Å². The van der Waals surface area contributed by atoms with Gasteiger partial charge in [-0.05, 0) is 35.4 Å². The van der Waals surface area contributed by atoms with Crippen molar-refractivity contribution >= 4 is 23.1 Å². The first-order valence-electron chi connectivity index (χ1n) is 8.42. The van der Waals surface area contributed by atoms with Gasteiger partial charge < -0.3 is 10.5 Å². The predicted molar refractivity (Wildman–Crippen MR) is 111 cm³/mol. The summed E-state index contributed by atoms with van der Waals surface area (Å²) in [6.07, 6.45) is 5.35. The highest BCUT2D eigenvalue weighted by Crippen LogP contribution is 2.20. The second-order valence-electron chi connectivity index (χ2n) is 5.73. The van der Waals surface area contributed by atoms with Crippen LogP contribution in [0.2, 0.25) is 0 Å². The third-order valence-electron chi connectivity index (χ3n) is 3.79. The number of aromatic nitrogens is 2. The van der Waals surface area contributed by atoms with Crippen LogP contribution in [0.4, 0.5) is 0 Å². The molecular formula is C20H21N5OS. The summed E-state index contributed by atoms with van der Waals surface area (Å²) in [6, 6.07) is 17.9. The fourth-order valence-electron chi connectivity index (χ4n) is 2.48. The highest BCUT2D eigenvalue weighted by molar-refractivity contribution is 8.13. The quantitative estimate of drug-likeness (QED) is 0.387. The van der Waals surface area contributed by atoms with Gasteiger partial charge in [-0.2, -0.15) is 10.2 Å². The zero-order valence-corrected chi connectivity index (χ0v) is 15.8. The molecular weight excluding hydrogens is 358 g/mol. The Morgan fingerprint density at radius 2 is 2.07 bits per heavy atom. The summed E-state index contributed by atoms with van der Waals surface area (Å²) in [5.41, 5.74) is 9.05. The summed E-state index contributed by atoms with van der Waals surface area (Å²) in [5.74, 6) is 1.58. The van der Waals surface area contributed by atoms with Crippen LogP contribution in [0.15, 0.2) is 77.2 Å². The lowest BCUT2D eigenvalue weighted by atomic mass is 10.1. The van der Waals surface area contributed by atoms with Gasteiger partial charge in [-0.15, -0.1) is 5.10 Å². The van der Waals surface area contributed by atoms with E-state index in [1.807, 2.05) is 53.3 Å². The van der Waals surface area contributed by atoms with Gasteiger partial charge in [0.1, 0.15) is 5.75 Å². The molecule has 3 aromatic rings. The van der Waals surface area contributed by atoms with Gasteiger partial charge in [0.25, 0.3) is 0 Å². The first-order valence-corrected chi connectivity index (χ1v) is 9.41. The fourth-order valence-corrected chi connectivity index (χ4v) is 3.10. The molecule has 0 saturated heterocycles. The molecule has 1 heterocycles. The summed E-state index contributed by atoms with van der Waals surface area (Å²) in [6.45, 7) is 0.621. The number of ether oxygens (including phenoxy) is 1. The number of amidine groups is 1. The molecule has 0 fully saturated rings. The van der Waals surface area contributed by atoms with E-state index in [4.69, 9.17) is 10.5 Å². The summed E-state index contributed by atoms with van der Waals surface area (Å²) in [5, 5.41) is 12.8. The van der Waals surface area contributed by atoms with E-state index in [1.165, 1.54) is 17.3 Å². The van der Waals surface area contributed by atoms with E-state index in [-0.39, 0.29) is 0 Å². The SMILES string of the molecule is COc1ccc(C=NN=C(N)SCc2ccccc2)cc1Cn1cccn1. The van der Waals surface area contributed by atoms with Gasteiger partial charge in [-0.3, -0.25) is 4.68 Å². The molecule has 0 amide bonds. The van der Waals surface area contributed by atoms with E-state index in [0.29, 0.717) is 11.7 Å². The largest absolute Gasteiger partial charge is 0.496 e. The van der Waals surface area contributed by atoms with E-state index in [1.54, 1.807) is 19.5 Å². The van der Waals surface area contributed by atoms with Crippen LogP contribution in [-0.4, -0.2) is 28.3 Å². The van der Waals surface area contributed by atoms with E-state index < -0.39 is 0 Å². The van der Waals surface area contributed by atoms with Crippen LogP contribution in [0.1, 0.15) is 16.7 Å². The molecule has 3 rings (SSSR count). The third-order valence-corrected chi connectivity index (χ3v) is 4.64. The van der Waals surface area contributed by atoms with Gasteiger partial charge in [-0.25, -0.2) is 0 Å². The van der Waals surface area contributed by atoms with Crippen LogP contribution < -0.4 is 10.5 Å². The van der Waals surface area contributed by atoms with Crippen molar-refractivity contribution in [2.45, 2.75) is 12.3 Å². The zero-order chi connectivity index (χ0) is 18.9. The third kappa shape index (κ3) is 5.72. The molecule has 0 atom stereocenters. The molecule has 0 unspecified atom stereocenters. The summed E-state index contributed by atoms with van der Waals surface area (Å²) in [7, 11) is 1.66.